The summed E-state index contributed by atoms with van der Waals surface area (Å²) in [6, 6.07) is 5.21. The zero-order chi connectivity index (χ0) is 15.6. The molecule has 1 rings (SSSR count). The molecule has 0 aliphatic heterocycles. The Hall–Kier alpha value is -1.77. The molecule has 0 saturated carbocycles. The minimum atomic E-state index is -5.55. The van der Waals surface area contributed by atoms with Crippen LogP contribution >= 0.6 is 0 Å². The normalized spacial score (nSPS) is 12.8. The third-order valence-electron chi connectivity index (χ3n) is 2.25. The molecule has 0 unspecified atom stereocenters. The van der Waals surface area contributed by atoms with Gasteiger partial charge in [0.25, 0.3) is 0 Å². The first-order valence-electron chi connectivity index (χ1n) is 5.20. The number of nitrogens with two attached hydrogens (primary N) is 1. The minimum Gasteiger partial charge on any atom is -0.384 e. The number of benzene rings is 1. The van der Waals surface area contributed by atoms with Crippen LogP contribution in [-0.4, -0.2) is 24.3 Å². The van der Waals surface area contributed by atoms with Crippen LogP contribution in [0.15, 0.2) is 24.3 Å². The standard InChI is InChI=1S/C11H10F6N2O/c12-10(13,14)9(11(15,16)17)20-5-6-2-1-3-7(4-6)8(18)19/h1-4,9H,5H2,(H3,18,19). The molecule has 0 amide bonds. The SMILES string of the molecule is N=C(N)c1cccc(COC(C(F)(F)F)C(F)(F)F)c1. The van der Waals surface area contributed by atoms with Gasteiger partial charge in [-0.2, -0.15) is 26.3 Å². The van der Waals surface area contributed by atoms with Crippen LogP contribution in [0.2, 0.25) is 0 Å². The lowest BCUT2D eigenvalue weighted by Crippen LogP contribution is -2.44. The number of rotatable bonds is 4. The summed E-state index contributed by atoms with van der Waals surface area (Å²) in [5.74, 6) is -0.352. The molecule has 0 bridgehead atoms. The van der Waals surface area contributed by atoms with E-state index in [9.17, 15) is 26.3 Å². The first-order chi connectivity index (χ1) is 9.01. The van der Waals surface area contributed by atoms with Crippen molar-refractivity contribution in [1.82, 2.24) is 0 Å². The van der Waals surface area contributed by atoms with Crippen LogP contribution in [0.5, 0.6) is 0 Å². The highest BCUT2D eigenvalue weighted by Gasteiger charge is 2.57. The number of nitrogen functional groups attached to an aromatic ring is 1. The van der Waals surface area contributed by atoms with E-state index in [-0.39, 0.29) is 17.0 Å². The molecule has 0 atom stereocenters. The van der Waals surface area contributed by atoms with E-state index in [4.69, 9.17) is 11.1 Å². The smallest absolute Gasteiger partial charge is 0.384 e. The van der Waals surface area contributed by atoms with Crippen LogP contribution in [0, 0.1) is 5.41 Å². The van der Waals surface area contributed by atoms with Crippen LogP contribution in [0.4, 0.5) is 26.3 Å². The fourth-order valence-corrected chi connectivity index (χ4v) is 1.38. The third kappa shape index (κ3) is 4.41. The number of hydrogen-bond donors (Lipinski definition) is 2. The molecule has 20 heavy (non-hydrogen) atoms. The molecule has 9 heteroatoms. The van der Waals surface area contributed by atoms with Gasteiger partial charge in [-0.3, -0.25) is 5.41 Å². The summed E-state index contributed by atoms with van der Waals surface area (Å²) in [5.41, 5.74) is 5.39. The summed E-state index contributed by atoms with van der Waals surface area (Å²) in [5, 5.41) is 7.12. The highest BCUT2D eigenvalue weighted by molar-refractivity contribution is 5.95. The zero-order valence-electron chi connectivity index (χ0n) is 9.85. The predicted molar refractivity (Wildman–Crippen MR) is 58.1 cm³/mol. The topological polar surface area (TPSA) is 59.1 Å². The van der Waals surface area contributed by atoms with Gasteiger partial charge in [0.15, 0.2) is 0 Å². The van der Waals surface area contributed by atoms with Crippen molar-refractivity contribution in [3.8, 4) is 0 Å². The van der Waals surface area contributed by atoms with Gasteiger partial charge in [-0.05, 0) is 11.6 Å². The van der Waals surface area contributed by atoms with Crippen molar-refractivity contribution in [3.05, 3.63) is 35.4 Å². The molecule has 1 aromatic carbocycles. The van der Waals surface area contributed by atoms with Crippen molar-refractivity contribution in [2.45, 2.75) is 25.1 Å². The maximum Gasteiger partial charge on any atom is 0.423 e. The zero-order valence-corrected chi connectivity index (χ0v) is 9.85. The summed E-state index contributed by atoms with van der Waals surface area (Å²) < 4.78 is 77.3. The Morgan fingerprint density at radius 1 is 1.15 bits per heavy atom. The van der Waals surface area contributed by atoms with Gasteiger partial charge in [0, 0.05) is 5.56 Å². The van der Waals surface area contributed by atoms with Gasteiger partial charge >= 0.3 is 12.4 Å². The largest absolute Gasteiger partial charge is 0.423 e. The second kappa shape index (κ2) is 5.70. The Morgan fingerprint density at radius 3 is 2.15 bits per heavy atom. The van der Waals surface area contributed by atoms with E-state index in [0.29, 0.717) is 0 Å². The van der Waals surface area contributed by atoms with Gasteiger partial charge in [-0.1, -0.05) is 18.2 Å². The lowest BCUT2D eigenvalue weighted by Gasteiger charge is -2.23. The first kappa shape index (κ1) is 16.3. The highest BCUT2D eigenvalue weighted by Crippen LogP contribution is 2.36. The van der Waals surface area contributed by atoms with Crippen molar-refractivity contribution in [2.24, 2.45) is 5.73 Å². The highest BCUT2D eigenvalue weighted by atomic mass is 19.4. The molecule has 0 fully saturated rings. The molecular formula is C11H10F6N2O. The molecule has 0 heterocycles. The number of alkyl halides is 6. The van der Waals surface area contributed by atoms with Crippen LogP contribution in [0.3, 0.4) is 0 Å². The Labute approximate surface area is 109 Å². The number of halogens is 6. The molecular weight excluding hydrogens is 290 g/mol. The summed E-state index contributed by atoms with van der Waals surface area (Å²) in [4.78, 5) is 0. The van der Waals surface area contributed by atoms with Crippen molar-refractivity contribution in [3.63, 3.8) is 0 Å². The van der Waals surface area contributed by atoms with Gasteiger partial charge in [-0.15, -0.1) is 0 Å². The Balaban J connectivity index is 2.83. The third-order valence-corrected chi connectivity index (χ3v) is 2.25. The van der Waals surface area contributed by atoms with E-state index in [2.05, 4.69) is 4.74 Å². The van der Waals surface area contributed by atoms with Crippen LogP contribution in [0.25, 0.3) is 0 Å². The van der Waals surface area contributed by atoms with E-state index >= 15 is 0 Å². The van der Waals surface area contributed by atoms with Crippen molar-refractivity contribution in [2.75, 3.05) is 0 Å². The average molecular weight is 300 g/mol. The second-order valence-corrected chi connectivity index (χ2v) is 3.89. The lowest BCUT2D eigenvalue weighted by atomic mass is 10.1. The molecule has 0 aliphatic carbocycles. The van der Waals surface area contributed by atoms with Crippen molar-refractivity contribution < 1.29 is 31.1 Å². The van der Waals surface area contributed by atoms with Gasteiger partial charge in [-0.25, -0.2) is 0 Å². The molecule has 0 aromatic heterocycles. The molecule has 112 valence electrons. The monoisotopic (exact) mass is 300 g/mol. The molecule has 1 aromatic rings. The van der Waals surface area contributed by atoms with Gasteiger partial charge < -0.3 is 10.5 Å². The van der Waals surface area contributed by atoms with Crippen LogP contribution in [-0.2, 0) is 11.3 Å². The van der Waals surface area contributed by atoms with E-state index in [1.54, 1.807) is 0 Å². The molecule has 0 saturated heterocycles. The maximum atomic E-state index is 12.2. The maximum absolute atomic E-state index is 12.2. The van der Waals surface area contributed by atoms with E-state index in [1.807, 2.05) is 0 Å². The fraction of sp³-hybridized carbons (Fsp3) is 0.364. The fourth-order valence-electron chi connectivity index (χ4n) is 1.38. The molecule has 0 aliphatic rings. The molecule has 0 spiro atoms. The Bertz CT molecular complexity index is 469. The Morgan fingerprint density at radius 2 is 1.70 bits per heavy atom. The van der Waals surface area contributed by atoms with E-state index in [1.165, 1.54) is 24.3 Å². The minimum absolute atomic E-state index is 0.0520. The van der Waals surface area contributed by atoms with Gasteiger partial charge in [0.1, 0.15) is 5.84 Å². The van der Waals surface area contributed by atoms with Crippen LogP contribution < -0.4 is 5.73 Å². The summed E-state index contributed by atoms with van der Waals surface area (Å²) >= 11 is 0. The average Bonchev–Trinajstić information content (AvgIpc) is 2.25. The van der Waals surface area contributed by atoms with Gasteiger partial charge in [0.2, 0.25) is 6.10 Å². The second-order valence-electron chi connectivity index (χ2n) is 3.89. The van der Waals surface area contributed by atoms with E-state index in [0.717, 1.165) is 0 Å². The lowest BCUT2D eigenvalue weighted by molar-refractivity contribution is -0.324. The number of hydrogen-bond acceptors (Lipinski definition) is 2. The predicted octanol–water partition coefficient (Wildman–Crippen LogP) is 2.98. The number of nitrogens with one attached hydrogen (secondary N) is 1. The van der Waals surface area contributed by atoms with Crippen LogP contribution in [0.1, 0.15) is 11.1 Å². The first-order valence-corrected chi connectivity index (χ1v) is 5.20. The summed E-state index contributed by atoms with van der Waals surface area (Å²) in [6.07, 6.45) is -14.9. The summed E-state index contributed by atoms with van der Waals surface area (Å²) in [6.45, 7) is -0.898. The number of amidine groups is 1. The molecule has 0 radical (unpaired) electrons. The Kier molecular flexibility index (Phi) is 4.64. The van der Waals surface area contributed by atoms with Crippen molar-refractivity contribution in [1.29, 1.82) is 5.41 Å². The van der Waals surface area contributed by atoms with E-state index < -0.39 is 25.1 Å². The van der Waals surface area contributed by atoms with Gasteiger partial charge in [0.05, 0.1) is 6.61 Å². The number of ether oxygens (including phenoxy) is 1. The summed E-state index contributed by atoms with van der Waals surface area (Å²) in [7, 11) is 0. The van der Waals surface area contributed by atoms with Crippen molar-refractivity contribution >= 4 is 5.84 Å². The molecule has 3 N–H and O–H groups in total. The molecule has 3 nitrogen and oxygen atoms in total. The quantitative estimate of drug-likeness (QED) is 0.510.